The molecule has 6 nitrogen and oxygen atoms in total. The van der Waals surface area contributed by atoms with Crippen molar-refractivity contribution in [1.29, 1.82) is 0 Å². The molecule has 3 aromatic rings. The van der Waals surface area contributed by atoms with Crippen molar-refractivity contribution in [3.63, 3.8) is 0 Å². The number of hydrogen-bond acceptors (Lipinski definition) is 6. The number of nitrogens with one attached hydrogen (secondary N) is 2. The van der Waals surface area contributed by atoms with E-state index in [1.165, 1.54) is 6.07 Å². The van der Waals surface area contributed by atoms with Crippen LogP contribution in [-0.2, 0) is 6.54 Å². The van der Waals surface area contributed by atoms with E-state index < -0.39 is 0 Å². The van der Waals surface area contributed by atoms with E-state index in [0.29, 0.717) is 35.8 Å². The van der Waals surface area contributed by atoms with Gasteiger partial charge in [-0.3, -0.25) is 0 Å². The number of rotatable bonds is 8. The van der Waals surface area contributed by atoms with Crippen molar-refractivity contribution in [2.45, 2.75) is 45.7 Å². The summed E-state index contributed by atoms with van der Waals surface area (Å²) < 4.78 is 19.2. The number of ether oxygens (including phenoxy) is 1. The number of methoxy groups -OCH3 is 1. The van der Waals surface area contributed by atoms with Crippen LogP contribution in [0.2, 0.25) is 0 Å². The average molecular weight is 454 g/mol. The second kappa shape index (κ2) is 11.3. The molecule has 0 bridgehead atoms. The van der Waals surface area contributed by atoms with Gasteiger partial charge in [-0.15, -0.1) is 0 Å². The molecule has 7 heteroatoms. The summed E-state index contributed by atoms with van der Waals surface area (Å²) in [5, 5.41) is 8.04. The maximum atomic E-state index is 14.0. The topological polar surface area (TPSA) is 62.3 Å². The van der Waals surface area contributed by atoms with Crippen molar-refractivity contribution in [3.8, 4) is 5.75 Å². The summed E-state index contributed by atoms with van der Waals surface area (Å²) in [5.41, 5.74) is 1.60. The van der Waals surface area contributed by atoms with Crippen LogP contribution in [0.5, 0.6) is 5.75 Å². The summed E-state index contributed by atoms with van der Waals surface area (Å²) in [7, 11) is 5.61. The lowest BCUT2D eigenvalue weighted by Gasteiger charge is -2.29. The van der Waals surface area contributed by atoms with E-state index >= 15 is 0 Å². The molecule has 2 N–H and O–H groups in total. The lowest BCUT2D eigenvalue weighted by molar-refractivity contribution is 0.323. The van der Waals surface area contributed by atoms with Crippen molar-refractivity contribution < 1.29 is 9.13 Å². The molecule has 0 spiro atoms. The Balaban J connectivity index is 0.00000306. The standard InChI is InChI=1S/C25H32FN5O.CH4/c1-31(2)24-21-6-4-5-7-23(21)29-25(30-24)28-19-10-8-17(9-11-19)15-27-16-18-14-20(32-3)12-13-22(18)26;/h4-7,12-14,17,19,27H,8-11,15-16H2,1-3H3,(H,28,29,30);1H4. The number of anilines is 2. The van der Waals surface area contributed by atoms with Crippen molar-refractivity contribution in [2.24, 2.45) is 5.92 Å². The third kappa shape index (κ3) is 6.11. The first kappa shape index (κ1) is 24.7. The van der Waals surface area contributed by atoms with Gasteiger partial charge in [0.25, 0.3) is 0 Å². The van der Waals surface area contributed by atoms with Crippen molar-refractivity contribution in [3.05, 3.63) is 53.8 Å². The Kier molecular flexibility index (Phi) is 8.44. The molecule has 1 fully saturated rings. The number of fused-ring (bicyclic) bond motifs is 1. The van der Waals surface area contributed by atoms with E-state index in [1.807, 2.05) is 37.2 Å². The molecule has 0 aliphatic heterocycles. The molecule has 1 heterocycles. The minimum Gasteiger partial charge on any atom is -0.497 e. The minimum atomic E-state index is -0.196. The first-order valence-corrected chi connectivity index (χ1v) is 11.3. The molecule has 1 aliphatic carbocycles. The summed E-state index contributed by atoms with van der Waals surface area (Å²) in [6, 6.07) is 13.4. The second-order valence-electron chi connectivity index (χ2n) is 8.73. The van der Waals surface area contributed by atoms with Gasteiger partial charge in [0.15, 0.2) is 0 Å². The summed E-state index contributed by atoms with van der Waals surface area (Å²) in [6.07, 6.45) is 4.40. The van der Waals surface area contributed by atoms with Crippen LogP contribution >= 0.6 is 0 Å². The zero-order valence-corrected chi connectivity index (χ0v) is 19.1. The monoisotopic (exact) mass is 453 g/mol. The Morgan fingerprint density at radius 3 is 2.55 bits per heavy atom. The van der Waals surface area contributed by atoms with Crippen LogP contribution in [-0.4, -0.2) is 43.8 Å². The Bertz CT molecular complexity index is 1050. The highest BCUT2D eigenvalue weighted by atomic mass is 19.1. The minimum absolute atomic E-state index is 0. The largest absolute Gasteiger partial charge is 0.497 e. The molecular weight excluding hydrogens is 417 g/mol. The molecule has 0 amide bonds. The first-order chi connectivity index (χ1) is 15.5. The van der Waals surface area contributed by atoms with Crippen LogP contribution in [0.4, 0.5) is 16.2 Å². The summed E-state index contributed by atoms with van der Waals surface area (Å²) in [4.78, 5) is 11.5. The Hall–Kier alpha value is -2.93. The van der Waals surface area contributed by atoms with Crippen molar-refractivity contribution >= 4 is 22.7 Å². The number of hydrogen-bond donors (Lipinski definition) is 2. The van der Waals surface area contributed by atoms with Crippen LogP contribution in [0, 0.1) is 11.7 Å². The van der Waals surface area contributed by atoms with Gasteiger partial charge < -0.3 is 20.3 Å². The van der Waals surface area contributed by atoms with Gasteiger partial charge in [-0.2, -0.15) is 4.98 Å². The van der Waals surface area contributed by atoms with Crippen molar-refractivity contribution in [2.75, 3.05) is 38.0 Å². The highest BCUT2D eigenvalue weighted by Gasteiger charge is 2.22. The zero-order chi connectivity index (χ0) is 22.5. The summed E-state index contributed by atoms with van der Waals surface area (Å²) in [6.45, 7) is 1.40. The van der Waals surface area contributed by atoms with E-state index in [9.17, 15) is 4.39 Å². The van der Waals surface area contributed by atoms with Crippen molar-refractivity contribution in [1.82, 2.24) is 15.3 Å². The Morgan fingerprint density at radius 1 is 1.06 bits per heavy atom. The SMILES string of the molecule is C.COc1ccc(F)c(CNCC2CCC(Nc3nc(N(C)C)c4ccccc4n3)CC2)c1. The van der Waals surface area contributed by atoms with E-state index in [-0.39, 0.29) is 13.2 Å². The third-order valence-electron chi connectivity index (χ3n) is 6.19. The molecular formula is C26H36FN5O. The molecule has 2 aromatic carbocycles. The average Bonchev–Trinajstić information content (AvgIpc) is 2.81. The van der Waals surface area contributed by atoms with Crippen LogP contribution < -0.4 is 20.3 Å². The number of benzene rings is 2. The van der Waals surface area contributed by atoms with E-state index in [2.05, 4.69) is 16.7 Å². The van der Waals surface area contributed by atoms with Gasteiger partial charge in [0.1, 0.15) is 17.4 Å². The normalized spacial score (nSPS) is 17.9. The van der Waals surface area contributed by atoms with Gasteiger partial charge in [-0.1, -0.05) is 19.6 Å². The van der Waals surface area contributed by atoms with E-state index in [0.717, 1.165) is 48.9 Å². The third-order valence-corrected chi connectivity index (χ3v) is 6.19. The molecule has 4 rings (SSSR count). The maximum Gasteiger partial charge on any atom is 0.225 e. The number of para-hydroxylation sites is 1. The molecule has 0 saturated heterocycles. The maximum absolute atomic E-state index is 14.0. The Labute approximate surface area is 196 Å². The lowest BCUT2D eigenvalue weighted by atomic mass is 9.86. The zero-order valence-electron chi connectivity index (χ0n) is 19.1. The fourth-order valence-electron chi connectivity index (χ4n) is 4.38. The van der Waals surface area contributed by atoms with E-state index in [1.54, 1.807) is 19.2 Å². The number of aromatic nitrogens is 2. The van der Waals surface area contributed by atoms with Crippen LogP contribution in [0.15, 0.2) is 42.5 Å². The second-order valence-corrected chi connectivity index (χ2v) is 8.73. The fraction of sp³-hybridized carbons (Fsp3) is 0.462. The molecule has 1 aromatic heterocycles. The molecule has 178 valence electrons. The highest BCUT2D eigenvalue weighted by Crippen LogP contribution is 2.28. The highest BCUT2D eigenvalue weighted by molar-refractivity contribution is 5.90. The Morgan fingerprint density at radius 2 is 1.82 bits per heavy atom. The van der Waals surface area contributed by atoms with Gasteiger partial charge >= 0.3 is 0 Å². The van der Waals surface area contributed by atoms with Gasteiger partial charge in [0, 0.05) is 37.6 Å². The quantitative estimate of drug-likeness (QED) is 0.486. The van der Waals surface area contributed by atoms with E-state index in [4.69, 9.17) is 14.7 Å². The van der Waals surface area contributed by atoms with Gasteiger partial charge in [0.05, 0.1) is 12.6 Å². The van der Waals surface area contributed by atoms with Gasteiger partial charge in [-0.05, 0) is 68.5 Å². The number of halogens is 1. The van der Waals surface area contributed by atoms with Gasteiger partial charge in [-0.25, -0.2) is 9.37 Å². The first-order valence-electron chi connectivity index (χ1n) is 11.3. The molecule has 1 saturated carbocycles. The lowest BCUT2D eigenvalue weighted by Crippen LogP contribution is -2.31. The summed E-state index contributed by atoms with van der Waals surface area (Å²) >= 11 is 0. The molecule has 0 radical (unpaired) electrons. The molecule has 33 heavy (non-hydrogen) atoms. The van der Waals surface area contributed by atoms with Crippen LogP contribution in [0.1, 0.15) is 38.7 Å². The van der Waals surface area contributed by atoms with Gasteiger partial charge in [0.2, 0.25) is 5.95 Å². The molecule has 1 aliphatic rings. The smallest absolute Gasteiger partial charge is 0.225 e. The summed E-state index contributed by atoms with van der Waals surface area (Å²) in [5.74, 6) is 2.71. The molecule has 0 unspecified atom stereocenters. The predicted octanol–water partition coefficient (Wildman–Crippen LogP) is 5.24. The van der Waals surface area contributed by atoms with Crippen LogP contribution in [0.3, 0.4) is 0 Å². The molecule has 0 atom stereocenters. The predicted molar refractivity (Wildman–Crippen MR) is 135 cm³/mol. The number of nitrogens with zero attached hydrogens (tertiary/aromatic N) is 3. The fourth-order valence-corrected chi connectivity index (χ4v) is 4.38. The van der Waals surface area contributed by atoms with Crippen LogP contribution in [0.25, 0.3) is 10.9 Å².